The molecule has 0 radical (unpaired) electrons. The first-order chi connectivity index (χ1) is 8.75. The van der Waals surface area contributed by atoms with Crippen molar-refractivity contribution in [3.63, 3.8) is 0 Å². The highest BCUT2D eigenvalue weighted by Gasteiger charge is 2.01. The van der Waals surface area contributed by atoms with Gasteiger partial charge in [-0.05, 0) is 23.8 Å². The van der Waals surface area contributed by atoms with Crippen LogP contribution >= 0.6 is 27.7 Å². The third kappa shape index (κ3) is 4.05. The maximum Gasteiger partial charge on any atom is 0.0972 e. The number of halogens is 1. The van der Waals surface area contributed by atoms with Crippen LogP contribution in [-0.2, 0) is 11.3 Å². The van der Waals surface area contributed by atoms with E-state index < -0.39 is 0 Å². The van der Waals surface area contributed by atoms with Crippen molar-refractivity contribution in [3.8, 4) is 0 Å². The molecule has 0 unspecified atom stereocenters. The number of benzene rings is 2. The molecule has 94 valence electrons. The zero-order valence-corrected chi connectivity index (χ0v) is 12.2. The third-order valence-corrected chi connectivity index (χ3v) is 3.83. The van der Waals surface area contributed by atoms with Crippen LogP contribution in [0.5, 0.6) is 0 Å². The quantitative estimate of drug-likeness (QED) is 0.385. The highest BCUT2D eigenvalue weighted by Crippen LogP contribution is 2.28. The van der Waals surface area contributed by atoms with Crippen molar-refractivity contribution in [2.45, 2.75) is 11.5 Å². The number of rotatable bonds is 5. The third-order valence-electron chi connectivity index (χ3n) is 2.38. The molecule has 2 aromatic carbocycles. The lowest BCUT2D eigenvalue weighted by Gasteiger charge is -2.07. The van der Waals surface area contributed by atoms with Gasteiger partial charge in [-0.25, -0.2) is 0 Å². The Morgan fingerprint density at radius 1 is 1.11 bits per heavy atom. The van der Waals surface area contributed by atoms with Gasteiger partial charge in [0.15, 0.2) is 0 Å². The van der Waals surface area contributed by atoms with Crippen LogP contribution in [0, 0.1) is 0 Å². The molecule has 0 saturated carbocycles. The minimum Gasteiger partial charge on any atom is -0.398 e. The van der Waals surface area contributed by atoms with Crippen LogP contribution in [0.15, 0.2) is 57.9 Å². The summed E-state index contributed by atoms with van der Waals surface area (Å²) in [6.07, 6.45) is 0. The molecular formula is C14H14BrNOS. The van der Waals surface area contributed by atoms with E-state index in [1.807, 2.05) is 36.4 Å². The Morgan fingerprint density at radius 2 is 1.89 bits per heavy atom. The minimum absolute atomic E-state index is 0.593. The number of thioether (sulfide) groups is 1. The molecule has 4 heteroatoms. The van der Waals surface area contributed by atoms with E-state index >= 15 is 0 Å². The second-order valence-electron chi connectivity index (χ2n) is 3.78. The zero-order chi connectivity index (χ0) is 12.8. The van der Waals surface area contributed by atoms with Gasteiger partial charge in [0, 0.05) is 15.1 Å². The van der Waals surface area contributed by atoms with Gasteiger partial charge in [-0.3, -0.25) is 0 Å². The van der Waals surface area contributed by atoms with E-state index in [0.29, 0.717) is 12.5 Å². The molecule has 2 N–H and O–H groups in total. The molecule has 0 aliphatic carbocycles. The van der Waals surface area contributed by atoms with Crippen molar-refractivity contribution in [1.29, 1.82) is 0 Å². The molecule has 0 fully saturated rings. The van der Waals surface area contributed by atoms with Gasteiger partial charge in [0.1, 0.15) is 0 Å². The largest absolute Gasteiger partial charge is 0.398 e. The lowest BCUT2D eigenvalue weighted by atomic mass is 10.2. The van der Waals surface area contributed by atoms with E-state index in [2.05, 4.69) is 28.1 Å². The molecule has 0 saturated heterocycles. The Labute approximate surface area is 120 Å². The molecule has 2 nitrogen and oxygen atoms in total. The van der Waals surface area contributed by atoms with Crippen LogP contribution in [0.3, 0.4) is 0 Å². The number of hydrogen-bond donors (Lipinski definition) is 1. The van der Waals surface area contributed by atoms with Crippen molar-refractivity contribution >= 4 is 33.4 Å². The van der Waals surface area contributed by atoms with Crippen LogP contribution in [0.4, 0.5) is 5.69 Å². The van der Waals surface area contributed by atoms with Crippen LogP contribution in [0.1, 0.15) is 5.56 Å². The summed E-state index contributed by atoms with van der Waals surface area (Å²) in [5.74, 6) is 0.593. The normalized spacial score (nSPS) is 10.5. The maximum absolute atomic E-state index is 5.89. The molecule has 2 aromatic rings. The minimum atomic E-state index is 0.593. The van der Waals surface area contributed by atoms with Gasteiger partial charge in [0.25, 0.3) is 0 Å². The molecule has 0 aromatic heterocycles. The molecule has 0 spiro atoms. The Hall–Kier alpha value is -0.970. The number of anilines is 1. The fourth-order valence-corrected chi connectivity index (χ4v) is 2.72. The van der Waals surface area contributed by atoms with Gasteiger partial charge in [-0.1, -0.05) is 58.0 Å². The van der Waals surface area contributed by atoms with E-state index in [1.165, 1.54) is 5.56 Å². The second kappa shape index (κ2) is 6.83. The molecular weight excluding hydrogens is 310 g/mol. The fraction of sp³-hybridized carbons (Fsp3) is 0.143. The van der Waals surface area contributed by atoms with Gasteiger partial charge in [-0.2, -0.15) is 0 Å². The predicted octanol–water partition coefficient (Wildman–Crippen LogP) is 4.30. The summed E-state index contributed by atoms with van der Waals surface area (Å²) in [6, 6.07) is 16.0. The summed E-state index contributed by atoms with van der Waals surface area (Å²) in [5.41, 5.74) is 7.85. The average molecular weight is 324 g/mol. The van der Waals surface area contributed by atoms with Crippen molar-refractivity contribution in [3.05, 3.63) is 58.6 Å². The molecule has 18 heavy (non-hydrogen) atoms. The molecule has 0 atom stereocenters. The zero-order valence-electron chi connectivity index (χ0n) is 9.80. The lowest BCUT2D eigenvalue weighted by Crippen LogP contribution is -1.94. The summed E-state index contributed by atoms with van der Waals surface area (Å²) in [4.78, 5) is 1.04. The first-order valence-electron chi connectivity index (χ1n) is 5.55. The van der Waals surface area contributed by atoms with Crippen molar-refractivity contribution in [1.82, 2.24) is 0 Å². The van der Waals surface area contributed by atoms with Gasteiger partial charge in [-0.15, -0.1) is 0 Å². The second-order valence-corrected chi connectivity index (χ2v) is 5.66. The first kappa shape index (κ1) is 13.5. The summed E-state index contributed by atoms with van der Waals surface area (Å²) in [6.45, 7) is 0.627. The van der Waals surface area contributed by atoms with Crippen molar-refractivity contribution in [2.75, 3.05) is 11.7 Å². The number of nitrogens with two attached hydrogens (primary N) is 1. The van der Waals surface area contributed by atoms with Crippen LogP contribution in [0.25, 0.3) is 0 Å². The SMILES string of the molecule is Nc1ccc(Br)cc1SCOCc1ccccc1. The van der Waals surface area contributed by atoms with E-state index in [9.17, 15) is 0 Å². The van der Waals surface area contributed by atoms with Crippen LogP contribution in [-0.4, -0.2) is 5.94 Å². The van der Waals surface area contributed by atoms with Crippen LogP contribution < -0.4 is 5.73 Å². The molecule has 0 amide bonds. The number of ether oxygens (including phenoxy) is 1. The summed E-state index contributed by atoms with van der Waals surface area (Å²) >= 11 is 5.04. The van der Waals surface area contributed by atoms with E-state index in [1.54, 1.807) is 11.8 Å². The Balaban J connectivity index is 1.80. The van der Waals surface area contributed by atoms with E-state index in [0.717, 1.165) is 15.1 Å². The highest BCUT2D eigenvalue weighted by atomic mass is 79.9. The van der Waals surface area contributed by atoms with Gasteiger partial charge in [0.2, 0.25) is 0 Å². The van der Waals surface area contributed by atoms with Gasteiger partial charge >= 0.3 is 0 Å². The van der Waals surface area contributed by atoms with E-state index in [-0.39, 0.29) is 0 Å². The fourth-order valence-electron chi connectivity index (χ4n) is 1.47. The topological polar surface area (TPSA) is 35.2 Å². The molecule has 0 heterocycles. The lowest BCUT2D eigenvalue weighted by molar-refractivity contribution is 0.169. The summed E-state index contributed by atoms with van der Waals surface area (Å²) in [5, 5.41) is 0. The Morgan fingerprint density at radius 3 is 2.67 bits per heavy atom. The predicted molar refractivity (Wildman–Crippen MR) is 80.5 cm³/mol. The standard InChI is InChI=1S/C14H14BrNOS/c15-12-6-7-13(16)14(8-12)18-10-17-9-11-4-2-1-3-5-11/h1-8H,9-10,16H2. The Bertz CT molecular complexity index is 504. The van der Waals surface area contributed by atoms with E-state index in [4.69, 9.17) is 10.5 Å². The molecule has 0 bridgehead atoms. The van der Waals surface area contributed by atoms with Gasteiger partial charge in [0.05, 0.1) is 12.5 Å². The first-order valence-corrected chi connectivity index (χ1v) is 7.33. The molecule has 0 aliphatic heterocycles. The molecule has 2 rings (SSSR count). The van der Waals surface area contributed by atoms with Gasteiger partial charge < -0.3 is 10.5 Å². The highest BCUT2D eigenvalue weighted by molar-refractivity contribution is 9.10. The Kier molecular flexibility index (Phi) is 5.11. The van der Waals surface area contributed by atoms with Crippen molar-refractivity contribution < 1.29 is 4.74 Å². The van der Waals surface area contributed by atoms with Crippen molar-refractivity contribution in [2.24, 2.45) is 0 Å². The summed E-state index contributed by atoms with van der Waals surface area (Å²) < 4.78 is 6.64. The summed E-state index contributed by atoms with van der Waals surface area (Å²) in [7, 11) is 0. The number of hydrogen-bond acceptors (Lipinski definition) is 3. The monoisotopic (exact) mass is 323 g/mol. The smallest absolute Gasteiger partial charge is 0.0972 e. The number of nitrogen functional groups attached to an aromatic ring is 1. The molecule has 0 aliphatic rings. The average Bonchev–Trinajstić information content (AvgIpc) is 2.40. The maximum atomic E-state index is 5.89. The van der Waals surface area contributed by atoms with Crippen LogP contribution in [0.2, 0.25) is 0 Å².